The summed E-state index contributed by atoms with van der Waals surface area (Å²) < 4.78 is 31.2. The monoisotopic (exact) mass is 545 g/mol. The summed E-state index contributed by atoms with van der Waals surface area (Å²) >= 11 is 0. The Kier molecular flexibility index (Phi) is 9.27. The van der Waals surface area contributed by atoms with E-state index in [1.807, 2.05) is 44.2 Å². The molecule has 2 unspecified atom stereocenters. The van der Waals surface area contributed by atoms with E-state index in [2.05, 4.69) is 30.0 Å². The lowest BCUT2D eigenvalue weighted by molar-refractivity contribution is -0.138. The summed E-state index contributed by atoms with van der Waals surface area (Å²) in [5.74, 6) is 4.51. The van der Waals surface area contributed by atoms with Crippen LogP contribution in [0.5, 0.6) is 0 Å². The summed E-state index contributed by atoms with van der Waals surface area (Å²) in [6.07, 6.45) is -2.00. The zero-order valence-corrected chi connectivity index (χ0v) is 22.6. The number of hydrogen-bond donors (Lipinski definition) is 2. The Labute approximate surface area is 227 Å². The van der Waals surface area contributed by atoms with Gasteiger partial charge in [-0.2, -0.15) is 0 Å². The maximum Gasteiger partial charge on any atom is 0.305 e. The van der Waals surface area contributed by atoms with Crippen molar-refractivity contribution in [2.45, 2.75) is 32.3 Å². The van der Waals surface area contributed by atoms with Gasteiger partial charge in [0.25, 0.3) is 0 Å². The van der Waals surface area contributed by atoms with Crippen molar-refractivity contribution in [3.63, 3.8) is 0 Å². The van der Waals surface area contributed by atoms with Crippen LogP contribution in [0.4, 0.5) is 4.39 Å². The first-order chi connectivity index (χ1) is 18.7. The van der Waals surface area contributed by atoms with Gasteiger partial charge in [-0.15, -0.1) is 0 Å². The minimum atomic E-state index is -2.67. The topological polar surface area (TPSA) is 96.7 Å². The van der Waals surface area contributed by atoms with Crippen LogP contribution in [0.1, 0.15) is 37.4 Å². The number of fused-ring (bicyclic) bond motifs is 1. The summed E-state index contributed by atoms with van der Waals surface area (Å²) in [5, 5.41) is 20.6. The van der Waals surface area contributed by atoms with Crippen LogP contribution < -0.4 is 0 Å². The Balaban J connectivity index is 1.75. The molecule has 0 aliphatic carbocycles. The van der Waals surface area contributed by atoms with E-state index < -0.39 is 26.5 Å². The average molecular weight is 546 g/mol. The fourth-order valence-electron chi connectivity index (χ4n) is 4.32. The summed E-state index contributed by atoms with van der Waals surface area (Å²) in [6.45, 7) is 3.88. The number of pyridine rings is 1. The van der Waals surface area contributed by atoms with Gasteiger partial charge < -0.3 is 14.7 Å². The van der Waals surface area contributed by atoms with Crippen LogP contribution in [0, 0.1) is 17.7 Å². The molecule has 0 radical (unpaired) electrons. The number of aliphatic hydroxyl groups is 1. The molecule has 2 N–H and O–H groups in total. The quantitative estimate of drug-likeness (QED) is 0.184. The lowest BCUT2D eigenvalue weighted by Gasteiger charge is -2.17. The number of rotatable bonds is 9. The Morgan fingerprint density at radius 2 is 1.77 bits per heavy atom. The molecular formula is C31H29FNO5P. The molecule has 3 aromatic carbocycles. The summed E-state index contributed by atoms with van der Waals surface area (Å²) in [6, 6.07) is 22.3. The number of carboxylic acid groups (broad SMARTS) is 1. The maximum atomic E-state index is 13.8. The second-order valence-electron chi connectivity index (χ2n) is 9.42. The SMILES string of the molecule is CC(C)c1nc(-c2cccc3ccccc23)cc(-c2ccc(F)cc2)c1C#CCO[PH](=O)CC(O)CC(=O)O. The van der Waals surface area contributed by atoms with Crippen LogP contribution >= 0.6 is 8.03 Å². The Hall–Kier alpha value is -3.82. The predicted molar refractivity (Wildman–Crippen MR) is 152 cm³/mol. The second kappa shape index (κ2) is 12.8. The molecule has 1 aromatic heterocycles. The minimum Gasteiger partial charge on any atom is -0.481 e. The van der Waals surface area contributed by atoms with Crippen molar-refractivity contribution in [1.29, 1.82) is 0 Å². The Morgan fingerprint density at radius 1 is 1.05 bits per heavy atom. The second-order valence-corrected chi connectivity index (χ2v) is 10.9. The number of aromatic nitrogens is 1. The van der Waals surface area contributed by atoms with E-state index in [9.17, 15) is 18.9 Å². The van der Waals surface area contributed by atoms with Crippen LogP contribution in [0.25, 0.3) is 33.2 Å². The number of carboxylic acids is 1. The van der Waals surface area contributed by atoms with E-state index in [0.29, 0.717) is 5.56 Å². The lowest BCUT2D eigenvalue weighted by Crippen LogP contribution is -2.15. The molecule has 0 saturated carbocycles. The van der Waals surface area contributed by atoms with Gasteiger partial charge in [-0.3, -0.25) is 14.3 Å². The van der Waals surface area contributed by atoms with Gasteiger partial charge in [0.1, 0.15) is 12.4 Å². The van der Waals surface area contributed by atoms with E-state index in [1.165, 1.54) is 12.1 Å². The van der Waals surface area contributed by atoms with Crippen molar-refractivity contribution >= 4 is 24.8 Å². The predicted octanol–water partition coefficient (Wildman–Crippen LogP) is 6.51. The standard InChI is InChI=1S/C31H29FNO5P/c1-20(2)31-27(11-6-16-38-39(37)19-24(34)17-30(35)36)28(22-12-14-23(32)15-13-22)18-29(33-31)26-10-5-8-21-7-3-4-9-25(21)26/h3-5,7-10,12-15,18,20,24,34,39H,16-17,19H2,1-2H3,(H,35,36). The highest BCUT2D eigenvalue weighted by molar-refractivity contribution is 7.39. The highest BCUT2D eigenvalue weighted by Gasteiger charge is 2.18. The summed E-state index contributed by atoms with van der Waals surface area (Å²) in [7, 11) is -2.67. The molecule has 2 atom stereocenters. The molecule has 1 heterocycles. The van der Waals surface area contributed by atoms with E-state index in [4.69, 9.17) is 14.6 Å². The van der Waals surface area contributed by atoms with Crippen LogP contribution in [-0.2, 0) is 13.9 Å². The first-order valence-electron chi connectivity index (χ1n) is 12.6. The number of aliphatic hydroxyl groups excluding tert-OH is 1. The van der Waals surface area contributed by atoms with Gasteiger partial charge in [0.05, 0.1) is 29.5 Å². The third-order valence-corrected chi connectivity index (χ3v) is 7.42. The molecule has 0 bridgehead atoms. The zero-order valence-electron chi connectivity index (χ0n) is 21.6. The van der Waals surface area contributed by atoms with E-state index in [1.54, 1.807) is 12.1 Å². The molecule has 8 heteroatoms. The Bertz CT molecular complexity index is 1570. The largest absolute Gasteiger partial charge is 0.481 e. The highest BCUT2D eigenvalue weighted by Crippen LogP contribution is 2.35. The minimum absolute atomic E-state index is 0.00893. The van der Waals surface area contributed by atoms with Crippen LogP contribution in [-0.4, -0.2) is 40.0 Å². The van der Waals surface area contributed by atoms with E-state index in [-0.39, 0.29) is 24.5 Å². The molecule has 0 aliphatic rings. The summed E-state index contributed by atoms with van der Waals surface area (Å²) in [5.41, 5.74) is 4.73. The van der Waals surface area contributed by atoms with Crippen molar-refractivity contribution in [3.8, 4) is 34.2 Å². The average Bonchev–Trinajstić information content (AvgIpc) is 2.90. The van der Waals surface area contributed by atoms with E-state index in [0.717, 1.165) is 38.9 Å². The van der Waals surface area contributed by atoms with Gasteiger partial charge in [0.2, 0.25) is 0 Å². The molecule has 0 fully saturated rings. The van der Waals surface area contributed by atoms with Gasteiger partial charge in [0.15, 0.2) is 8.03 Å². The van der Waals surface area contributed by atoms with Crippen molar-refractivity contribution in [1.82, 2.24) is 4.98 Å². The first kappa shape index (κ1) is 28.2. The van der Waals surface area contributed by atoms with Crippen molar-refractivity contribution in [3.05, 3.63) is 89.9 Å². The first-order valence-corrected chi connectivity index (χ1v) is 14.1. The Morgan fingerprint density at radius 3 is 2.49 bits per heavy atom. The molecule has 6 nitrogen and oxygen atoms in total. The third-order valence-electron chi connectivity index (χ3n) is 6.15. The van der Waals surface area contributed by atoms with Crippen molar-refractivity contribution in [2.75, 3.05) is 12.8 Å². The molecule has 0 spiro atoms. The number of benzene rings is 3. The number of carbonyl (C=O) groups is 1. The van der Waals surface area contributed by atoms with Gasteiger partial charge in [0, 0.05) is 17.3 Å². The van der Waals surface area contributed by atoms with Crippen LogP contribution in [0.15, 0.2) is 72.8 Å². The number of aliphatic carboxylic acids is 1. The third kappa shape index (κ3) is 7.19. The molecule has 200 valence electrons. The van der Waals surface area contributed by atoms with Crippen molar-refractivity contribution in [2.24, 2.45) is 0 Å². The molecular weight excluding hydrogens is 516 g/mol. The lowest BCUT2D eigenvalue weighted by atomic mass is 9.92. The normalized spacial score (nSPS) is 12.6. The summed E-state index contributed by atoms with van der Waals surface area (Å²) in [4.78, 5) is 15.7. The van der Waals surface area contributed by atoms with Gasteiger partial charge in [-0.05, 0) is 40.5 Å². The molecule has 4 rings (SSSR count). The fourth-order valence-corrected chi connectivity index (χ4v) is 5.20. The van der Waals surface area contributed by atoms with Gasteiger partial charge in [-0.1, -0.05) is 80.3 Å². The van der Waals surface area contributed by atoms with Crippen LogP contribution in [0.2, 0.25) is 0 Å². The highest BCUT2D eigenvalue weighted by atomic mass is 31.1. The maximum absolute atomic E-state index is 13.8. The molecule has 4 aromatic rings. The zero-order chi connectivity index (χ0) is 27.9. The number of hydrogen-bond acceptors (Lipinski definition) is 5. The molecule has 0 amide bonds. The number of nitrogens with zero attached hydrogens (tertiary/aromatic N) is 1. The van der Waals surface area contributed by atoms with Crippen LogP contribution in [0.3, 0.4) is 0 Å². The molecule has 39 heavy (non-hydrogen) atoms. The smallest absolute Gasteiger partial charge is 0.305 e. The van der Waals surface area contributed by atoms with Crippen molar-refractivity contribution < 1.29 is 28.5 Å². The fraction of sp³-hybridized carbons (Fsp3) is 0.226. The van der Waals surface area contributed by atoms with Gasteiger partial charge >= 0.3 is 5.97 Å². The van der Waals surface area contributed by atoms with Gasteiger partial charge in [-0.25, -0.2) is 4.39 Å². The molecule has 0 aliphatic heterocycles. The number of halogens is 1. The van der Waals surface area contributed by atoms with E-state index >= 15 is 0 Å². The molecule has 0 saturated heterocycles.